The zero-order valence-electron chi connectivity index (χ0n) is 13.4. The molecular weight excluding hydrogens is 280 g/mol. The van der Waals surface area contributed by atoms with Gasteiger partial charge in [0.05, 0.1) is 17.9 Å². The fourth-order valence-corrected chi connectivity index (χ4v) is 2.40. The van der Waals surface area contributed by atoms with E-state index in [1.54, 1.807) is 0 Å². The van der Waals surface area contributed by atoms with E-state index in [9.17, 15) is 4.79 Å². The van der Waals surface area contributed by atoms with Gasteiger partial charge in [0, 0.05) is 26.1 Å². The molecule has 0 spiro atoms. The number of carbonyl (C=O) groups excluding carboxylic acids is 1. The van der Waals surface area contributed by atoms with E-state index < -0.39 is 0 Å². The molecule has 0 bridgehead atoms. The third-order valence-corrected chi connectivity index (χ3v) is 3.47. The molecule has 1 aliphatic heterocycles. The van der Waals surface area contributed by atoms with Crippen molar-refractivity contribution in [3.05, 3.63) is 24.3 Å². The number of hydrogen-bond acceptors (Lipinski definition) is 4. The number of anilines is 1. The second kappa shape index (κ2) is 8.63. The van der Waals surface area contributed by atoms with Gasteiger partial charge >= 0.3 is 0 Å². The van der Waals surface area contributed by atoms with E-state index >= 15 is 0 Å². The maximum absolute atomic E-state index is 11.8. The summed E-state index contributed by atoms with van der Waals surface area (Å²) in [5, 5.41) is 6.18. The highest BCUT2D eigenvalue weighted by molar-refractivity contribution is 5.76. The maximum Gasteiger partial charge on any atom is 0.221 e. The van der Waals surface area contributed by atoms with Crippen LogP contribution in [0.25, 0.3) is 0 Å². The number of amides is 1. The van der Waals surface area contributed by atoms with Crippen LogP contribution in [0.2, 0.25) is 0 Å². The van der Waals surface area contributed by atoms with Gasteiger partial charge in [0.25, 0.3) is 0 Å². The first-order valence-corrected chi connectivity index (χ1v) is 8.03. The molecule has 1 atom stereocenters. The molecular formula is C17H26N2O3. The van der Waals surface area contributed by atoms with Crippen molar-refractivity contribution in [2.75, 3.05) is 25.0 Å². The van der Waals surface area contributed by atoms with E-state index in [0.717, 1.165) is 30.9 Å². The van der Waals surface area contributed by atoms with Crippen LogP contribution in [0.4, 0.5) is 5.69 Å². The molecule has 0 aliphatic carbocycles. The van der Waals surface area contributed by atoms with Crippen molar-refractivity contribution >= 4 is 11.6 Å². The van der Waals surface area contributed by atoms with Crippen molar-refractivity contribution in [2.24, 2.45) is 0 Å². The predicted molar refractivity (Wildman–Crippen MR) is 87.3 cm³/mol. The summed E-state index contributed by atoms with van der Waals surface area (Å²) in [6, 6.07) is 7.78. The Balaban J connectivity index is 1.70. The monoisotopic (exact) mass is 306 g/mol. The number of nitrogens with one attached hydrogen (secondary N) is 2. The molecule has 22 heavy (non-hydrogen) atoms. The number of benzene rings is 1. The molecule has 122 valence electrons. The molecule has 1 heterocycles. The standard InChI is InChI=1S/C17H26N2O3/c1-13(2)22-16-8-4-3-7-15(16)18-10-9-17(20)19-12-14-6-5-11-21-14/h3-4,7-8,13-14,18H,5-6,9-12H2,1-2H3,(H,19,20). The van der Waals surface area contributed by atoms with Crippen molar-refractivity contribution in [3.63, 3.8) is 0 Å². The molecule has 5 nitrogen and oxygen atoms in total. The number of hydrogen-bond donors (Lipinski definition) is 2. The number of ether oxygens (including phenoxy) is 2. The number of rotatable bonds is 8. The van der Waals surface area contributed by atoms with Gasteiger partial charge in [-0.25, -0.2) is 0 Å². The second-order valence-electron chi connectivity index (χ2n) is 5.78. The Morgan fingerprint density at radius 3 is 2.95 bits per heavy atom. The largest absolute Gasteiger partial charge is 0.489 e. The van der Waals surface area contributed by atoms with Crippen LogP contribution in [-0.2, 0) is 9.53 Å². The Bertz CT molecular complexity index is 471. The van der Waals surface area contributed by atoms with Gasteiger partial charge in [-0.2, -0.15) is 0 Å². The number of carbonyl (C=O) groups is 1. The highest BCUT2D eigenvalue weighted by atomic mass is 16.5. The smallest absolute Gasteiger partial charge is 0.221 e. The topological polar surface area (TPSA) is 59.6 Å². The Labute approximate surface area is 132 Å². The van der Waals surface area contributed by atoms with Gasteiger partial charge in [-0.3, -0.25) is 4.79 Å². The normalized spacial score (nSPS) is 17.5. The van der Waals surface area contributed by atoms with Crippen LogP contribution in [-0.4, -0.2) is 37.8 Å². The van der Waals surface area contributed by atoms with Crippen LogP contribution < -0.4 is 15.4 Å². The van der Waals surface area contributed by atoms with Gasteiger partial charge in [0.15, 0.2) is 0 Å². The van der Waals surface area contributed by atoms with Crippen molar-refractivity contribution in [2.45, 2.75) is 45.3 Å². The quantitative estimate of drug-likeness (QED) is 0.775. The molecule has 1 unspecified atom stereocenters. The van der Waals surface area contributed by atoms with E-state index in [-0.39, 0.29) is 18.1 Å². The van der Waals surface area contributed by atoms with E-state index in [1.807, 2.05) is 38.1 Å². The summed E-state index contributed by atoms with van der Waals surface area (Å²) in [5.41, 5.74) is 0.920. The molecule has 1 saturated heterocycles. The van der Waals surface area contributed by atoms with Gasteiger partial charge < -0.3 is 20.1 Å². The number of para-hydroxylation sites is 2. The fraction of sp³-hybridized carbons (Fsp3) is 0.588. The predicted octanol–water partition coefficient (Wildman–Crippen LogP) is 2.57. The molecule has 1 aromatic carbocycles. The lowest BCUT2D eigenvalue weighted by molar-refractivity contribution is -0.121. The van der Waals surface area contributed by atoms with Gasteiger partial charge in [-0.1, -0.05) is 12.1 Å². The van der Waals surface area contributed by atoms with Crippen LogP contribution in [0.15, 0.2) is 24.3 Å². The van der Waals surface area contributed by atoms with Crippen molar-refractivity contribution in [1.82, 2.24) is 5.32 Å². The highest BCUT2D eigenvalue weighted by Crippen LogP contribution is 2.24. The average molecular weight is 306 g/mol. The lowest BCUT2D eigenvalue weighted by atomic mass is 10.2. The van der Waals surface area contributed by atoms with E-state index in [2.05, 4.69) is 10.6 Å². The van der Waals surface area contributed by atoms with Crippen molar-refractivity contribution < 1.29 is 14.3 Å². The lowest BCUT2D eigenvalue weighted by Gasteiger charge is -2.15. The maximum atomic E-state index is 11.8. The minimum absolute atomic E-state index is 0.0465. The Kier molecular flexibility index (Phi) is 6.52. The molecule has 0 radical (unpaired) electrons. The molecule has 1 aliphatic rings. The first-order chi connectivity index (χ1) is 10.6. The van der Waals surface area contributed by atoms with E-state index in [1.165, 1.54) is 0 Å². The van der Waals surface area contributed by atoms with Crippen molar-refractivity contribution in [3.8, 4) is 5.75 Å². The van der Waals surface area contributed by atoms with Crippen LogP contribution in [0, 0.1) is 0 Å². The van der Waals surface area contributed by atoms with Gasteiger partial charge in [0.2, 0.25) is 5.91 Å². The van der Waals surface area contributed by atoms with Crippen LogP contribution >= 0.6 is 0 Å². The molecule has 1 fully saturated rings. The lowest BCUT2D eigenvalue weighted by Crippen LogP contribution is -2.32. The first-order valence-electron chi connectivity index (χ1n) is 8.03. The summed E-state index contributed by atoms with van der Waals surface area (Å²) in [6.07, 6.45) is 2.88. The van der Waals surface area contributed by atoms with Gasteiger partial charge in [-0.05, 0) is 38.8 Å². The molecule has 2 rings (SSSR count). The molecule has 2 N–H and O–H groups in total. The summed E-state index contributed by atoms with van der Waals surface area (Å²) in [5.74, 6) is 0.863. The fourth-order valence-electron chi connectivity index (χ4n) is 2.40. The summed E-state index contributed by atoms with van der Waals surface area (Å²) < 4.78 is 11.2. The third-order valence-electron chi connectivity index (χ3n) is 3.47. The van der Waals surface area contributed by atoms with E-state index in [4.69, 9.17) is 9.47 Å². The zero-order chi connectivity index (χ0) is 15.8. The molecule has 5 heteroatoms. The molecule has 1 amide bonds. The Morgan fingerprint density at radius 1 is 1.41 bits per heavy atom. The Morgan fingerprint density at radius 2 is 2.23 bits per heavy atom. The summed E-state index contributed by atoms with van der Waals surface area (Å²) in [7, 11) is 0. The minimum Gasteiger partial charge on any atom is -0.489 e. The highest BCUT2D eigenvalue weighted by Gasteiger charge is 2.15. The summed E-state index contributed by atoms with van der Waals surface area (Å²) >= 11 is 0. The third kappa shape index (κ3) is 5.56. The van der Waals surface area contributed by atoms with E-state index in [0.29, 0.717) is 19.5 Å². The minimum atomic E-state index is 0.0465. The molecule has 1 aromatic rings. The van der Waals surface area contributed by atoms with Gasteiger partial charge in [-0.15, -0.1) is 0 Å². The van der Waals surface area contributed by atoms with Crippen LogP contribution in [0.3, 0.4) is 0 Å². The second-order valence-corrected chi connectivity index (χ2v) is 5.78. The summed E-state index contributed by atoms with van der Waals surface area (Å²) in [6.45, 7) is 6.00. The molecule has 0 aromatic heterocycles. The zero-order valence-corrected chi connectivity index (χ0v) is 13.4. The first kappa shape index (κ1) is 16.6. The summed E-state index contributed by atoms with van der Waals surface area (Å²) in [4.78, 5) is 11.8. The van der Waals surface area contributed by atoms with Crippen LogP contribution in [0.1, 0.15) is 33.1 Å². The average Bonchev–Trinajstić information content (AvgIpc) is 3.00. The van der Waals surface area contributed by atoms with Crippen LogP contribution in [0.5, 0.6) is 5.75 Å². The SMILES string of the molecule is CC(C)Oc1ccccc1NCCC(=O)NCC1CCCO1. The molecule has 0 saturated carbocycles. The Hall–Kier alpha value is -1.75. The van der Waals surface area contributed by atoms with Crippen molar-refractivity contribution in [1.29, 1.82) is 0 Å². The van der Waals surface area contributed by atoms with Gasteiger partial charge in [0.1, 0.15) is 5.75 Å².